The van der Waals surface area contributed by atoms with Gasteiger partial charge in [0, 0.05) is 179 Å². The second kappa shape index (κ2) is 41.9. The summed E-state index contributed by atoms with van der Waals surface area (Å²) in [5.74, 6) is 4.81. The van der Waals surface area contributed by atoms with Gasteiger partial charge < -0.3 is 43.8 Å². The summed E-state index contributed by atoms with van der Waals surface area (Å²) in [6.45, 7) is 36.1. The molecule has 6 aliphatic heterocycles. The van der Waals surface area contributed by atoms with Crippen molar-refractivity contribution in [1.82, 2.24) is 34.4 Å². The van der Waals surface area contributed by atoms with Gasteiger partial charge in [0.15, 0.2) is 28.9 Å². The number of carbonyl (C=O) groups is 6. The van der Waals surface area contributed by atoms with Crippen molar-refractivity contribution < 1.29 is 38.2 Å². The van der Waals surface area contributed by atoms with Crippen LogP contribution in [0.4, 0.5) is 5.69 Å². The van der Waals surface area contributed by atoms with Crippen LogP contribution in [0.2, 0.25) is 0 Å². The number of nitrogens with zero attached hydrogens (tertiary/aromatic N) is 18. The van der Waals surface area contributed by atoms with Gasteiger partial charge in [-0.2, -0.15) is 0 Å². The number of piperazine rings is 1. The largest absolute Gasteiger partial charge is 0.494 e. The summed E-state index contributed by atoms with van der Waals surface area (Å²) >= 11 is 0. The molecule has 26 heteroatoms. The Labute approximate surface area is 829 Å². The van der Waals surface area contributed by atoms with Crippen LogP contribution in [0.3, 0.4) is 0 Å². The van der Waals surface area contributed by atoms with E-state index in [2.05, 4.69) is 108 Å². The third-order valence-electron chi connectivity index (χ3n) is 26.5. The number of allylic oxidation sites excluding steroid dienone is 10. The number of Topliss-reactive ketones (excluding diaryl/α,β-unsaturated/α-hetero) is 6. The number of hydrogen-bond acceptors (Lipinski definition) is 26. The van der Waals surface area contributed by atoms with E-state index in [0.29, 0.717) is 134 Å². The van der Waals surface area contributed by atoms with Gasteiger partial charge in [-0.05, 0) is 184 Å². The number of anilines is 1. The van der Waals surface area contributed by atoms with Crippen molar-refractivity contribution in [3.8, 4) is 11.5 Å². The standard InChI is InChI=1S/C25H27N5O.C24H25N3O2.C24H23N3O2.C22H21N3O2.C21H20N4O/c1-16-15-17(30-13-11-29(4)12-14-30)9-10-18(16)21-23-22(26-25(27-23)28(2)3)19-7-5-6-8-20(19)24(21)31;1-5-27(6-2)24-25-21-18-10-8-9-11-19(18)23(28)20(22(21)26-24)17-13-12-16(29-7-3)14-15(17)4;1-4-27(5-2)24-25-21-18-11-6-7-12-19(18)23(29)20(22(21)26-24)17-10-8-9-16(14-17)13-15(3)28;1-5-27-14-10-11-15(13(2)12-14)18-20-19(23-22(24-20)25(3)4)16-8-6-7-9-17(16)21(18)26;1-4-25(5-2)21-23-18-15-9-6-7-10-16(15)20(26)17(19(18)24-21)14-11-8-12-22-13(14)3/h5-10,15H,11-14H2,1-4H3;8-14H,5-7H2,1-4H3;6-12,14H,4-5,13H2,1-3H3;6-12H,5H2,1-4H3;6-12H,4-5H2,1-3H3. The number of fused-ring (bicyclic) bond motifs is 15. The molecular weight excluding hydrogens is 1770 g/mol. The summed E-state index contributed by atoms with van der Waals surface area (Å²) in [6.07, 6.45) is 2.08. The Kier molecular flexibility index (Phi) is 28.8. The van der Waals surface area contributed by atoms with Crippen molar-refractivity contribution in [3.63, 3.8) is 0 Å². The van der Waals surface area contributed by atoms with Crippen molar-refractivity contribution in [2.45, 2.75) is 96.4 Å². The summed E-state index contributed by atoms with van der Waals surface area (Å²) in [6, 6.07) is 67.6. The first-order valence-electron chi connectivity index (χ1n) is 48.6. The highest BCUT2D eigenvalue weighted by molar-refractivity contribution is 6.48. The number of benzene rings is 9. The minimum absolute atomic E-state index is 0.00800. The first kappa shape index (κ1) is 97.6. The Balaban J connectivity index is 0.000000122. The molecule has 0 radical (unpaired) electrons. The predicted octanol–water partition coefficient (Wildman–Crippen LogP) is 18.7. The Hall–Kier alpha value is -16.1. The quantitative estimate of drug-likeness (QED) is 0.0771. The lowest BCUT2D eigenvalue weighted by Crippen LogP contribution is -2.44. The summed E-state index contributed by atoms with van der Waals surface area (Å²) in [5, 5.41) is 0. The fourth-order valence-electron chi connectivity index (χ4n) is 19.1. The second-order valence-corrected chi connectivity index (χ2v) is 36.0. The molecule has 0 bridgehead atoms. The number of carbonyl (C=O) groups excluding carboxylic acids is 6. The molecule has 9 aromatic carbocycles. The highest BCUT2D eigenvalue weighted by Crippen LogP contribution is 2.45. The lowest BCUT2D eigenvalue weighted by Gasteiger charge is -2.34. The zero-order valence-electron chi connectivity index (χ0n) is 83.8. The van der Waals surface area contributed by atoms with Gasteiger partial charge >= 0.3 is 0 Å². The van der Waals surface area contributed by atoms with Crippen molar-refractivity contribution in [1.29, 1.82) is 0 Å². The average Bonchev–Trinajstić information content (AvgIpc) is 1.55. The molecule has 26 nitrogen and oxygen atoms in total. The van der Waals surface area contributed by atoms with Crippen LogP contribution >= 0.6 is 0 Å². The van der Waals surface area contributed by atoms with Crippen molar-refractivity contribution in [3.05, 3.63) is 358 Å². The second-order valence-electron chi connectivity index (χ2n) is 36.0. The minimum Gasteiger partial charge on any atom is -0.494 e. The van der Waals surface area contributed by atoms with E-state index in [-0.39, 0.29) is 34.7 Å². The molecule has 1 fully saturated rings. The van der Waals surface area contributed by atoms with Gasteiger partial charge in [-0.3, -0.25) is 33.8 Å². The van der Waals surface area contributed by atoms with Crippen molar-refractivity contribution in [2.75, 3.05) is 119 Å². The number of ether oxygens (including phenoxy) is 2. The number of hydrogen-bond donors (Lipinski definition) is 0. The Morgan fingerprint density at radius 2 is 0.634 bits per heavy atom. The van der Waals surface area contributed by atoms with E-state index in [1.165, 1.54) is 5.69 Å². The smallest absolute Gasteiger partial charge is 0.226 e. The number of guanidine groups is 5. The lowest BCUT2D eigenvalue weighted by atomic mass is 9.82. The fraction of sp³-hybridized carbons (Fsp3) is 0.267. The number of aromatic nitrogens is 1. The maximum atomic E-state index is 13.6. The molecule has 5 aliphatic carbocycles. The molecule has 0 spiro atoms. The Morgan fingerprint density at radius 3 is 0.958 bits per heavy atom. The molecule has 0 unspecified atom stereocenters. The molecule has 21 rings (SSSR count). The van der Waals surface area contributed by atoms with Gasteiger partial charge in [0.2, 0.25) is 29.8 Å². The van der Waals surface area contributed by atoms with Gasteiger partial charge in [-0.15, -0.1) is 0 Å². The first-order chi connectivity index (χ1) is 68.7. The van der Waals surface area contributed by atoms with E-state index in [1.54, 1.807) is 13.1 Å². The Morgan fingerprint density at radius 1 is 0.324 bits per heavy atom. The van der Waals surface area contributed by atoms with Crippen LogP contribution in [0.25, 0.3) is 27.9 Å². The molecule has 7 heterocycles. The molecule has 142 heavy (non-hydrogen) atoms. The minimum atomic E-state index is -0.0564. The summed E-state index contributed by atoms with van der Waals surface area (Å²) in [4.78, 5) is 146. The third-order valence-corrected chi connectivity index (χ3v) is 26.5. The van der Waals surface area contributed by atoms with E-state index in [4.69, 9.17) is 54.4 Å². The van der Waals surface area contributed by atoms with Crippen LogP contribution in [0.5, 0.6) is 11.5 Å². The SMILES string of the molecule is CCN(CC)C1=NC2=C(c3cccc(CC(C)=O)c3)C(=O)c3ccccc3C2=N1.CCN(CC)C1=NC2=C(c3cccnc3C)C(=O)c3ccccc3C2=N1.CCOc1ccc(C2=C3N=C(N(C)C)N=C3c3ccccc3C2=O)c(C)c1.CCOc1ccc(C2=C3N=C(N(CC)CC)N=C3c3ccccc3C2=O)c(C)c1.Cc1cc(N2CCN(C)CC2)ccc1C1=C2N=C(N(C)C)N=C2c2ccccc2C1=O. The topological polar surface area (TPSA) is 280 Å². The number of ketones is 6. The zero-order valence-corrected chi connectivity index (χ0v) is 83.8. The van der Waals surface area contributed by atoms with Crippen LogP contribution in [0, 0.1) is 27.7 Å². The predicted molar refractivity (Wildman–Crippen MR) is 570 cm³/mol. The normalized spacial score (nSPS) is 15.9. The molecule has 0 N–H and O–H groups in total. The molecule has 11 aliphatic rings. The molecule has 1 saturated heterocycles. The van der Waals surface area contributed by atoms with Crippen LogP contribution < -0.4 is 14.4 Å². The van der Waals surface area contributed by atoms with E-state index in [1.807, 2.05) is 267 Å². The number of pyridine rings is 1. The first-order valence-corrected chi connectivity index (χ1v) is 48.6. The fourth-order valence-corrected chi connectivity index (χ4v) is 19.1. The number of likely N-dealkylation sites (N-methyl/N-ethyl adjacent to an activating group) is 1. The lowest BCUT2D eigenvalue weighted by molar-refractivity contribution is -0.116. The maximum absolute atomic E-state index is 13.6. The number of aryl methyl sites for hydroxylation is 4. The highest BCUT2D eigenvalue weighted by Gasteiger charge is 2.43. The molecule has 1 aromatic heterocycles. The van der Waals surface area contributed by atoms with E-state index >= 15 is 0 Å². The van der Waals surface area contributed by atoms with Crippen molar-refractivity contribution in [2.24, 2.45) is 49.9 Å². The van der Waals surface area contributed by atoms with Crippen LogP contribution in [0.1, 0.15) is 198 Å². The van der Waals surface area contributed by atoms with Gasteiger partial charge in [0.25, 0.3) is 0 Å². The molecular formula is C116H116N18O8. The monoisotopic (exact) mass is 1890 g/mol. The van der Waals surface area contributed by atoms with E-state index in [0.717, 1.165) is 189 Å². The zero-order chi connectivity index (χ0) is 100. The van der Waals surface area contributed by atoms with Gasteiger partial charge in [-0.25, -0.2) is 49.9 Å². The molecule has 0 saturated carbocycles. The summed E-state index contributed by atoms with van der Waals surface area (Å²) < 4.78 is 11.2. The van der Waals surface area contributed by atoms with Crippen LogP contribution in [0.15, 0.2) is 297 Å². The molecule has 718 valence electrons. The summed E-state index contributed by atoms with van der Waals surface area (Å²) in [7, 11) is 9.80. The highest BCUT2D eigenvalue weighted by atomic mass is 16.5. The van der Waals surface area contributed by atoms with Crippen LogP contribution in [-0.4, -0.2) is 241 Å². The van der Waals surface area contributed by atoms with Gasteiger partial charge in [-0.1, -0.05) is 170 Å². The van der Waals surface area contributed by atoms with Crippen LogP contribution in [-0.2, 0) is 11.2 Å². The van der Waals surface area contributed by atoms with Gasteiger partial charge in [0.05, 0.1) is 41.1 Å². The van der Waals surface area contributed by atoms with Crippen molar-refractivity contribution >= 4 is 127 Å². The van der Waals surface area contributed by atoms with E-state index in [9.17, 15) is 28.8 Å². The molecule has 0 atom stereocenters. The summed E-state index contributed by atoms with van der Waals surface area (Å²) in [5.41, 5.74) is 27.9. The van der Waals surface area contributed by atoms with E-state index < -0.39 is 0 Å². The molecule has 0 amide bonds. The molecule has 10 aromatic rings. The average molecular weight is 1890 g/mol. The maximum Gasteiger partial charge on any atom is 0.226 e. The van der Waals surface area contributed by atoms with Gasteiger partial charge in [0.1, 0.15) is 74.3 Å². The Bertz CT molecular complexity index is 7400. The number of rotatable bonds is 18. The number of aliphatic imine (C=N–C) groups is 10. The third kappa shape index (κ3) is 18.9.